The molecule has 1 aliphatic heterocycles. The zero-order valence-corrected chi connectivity index (χ0v) is 18.5. The van der Waals surface area contributed by atoms with E-state index in [0.717, 1.165) is 11.8 Å². The zero-order chi connectivity index (χ0) is 22.5. The summed E-state index contributed by atoms with van der Waals surface area (Å²) in [5.74, 6) is -0.610. The van der Waals surface area contributed by atoms with E-state index < -0.39 is 65.6 Å². The van der Waals surface area contributed by atoms with Crippen molar-refractivity contribution in [1.82, 2.24) is 10.6 Å². The highest BCUT2D eigenvalue weighted by atomic mass is 32.2. The third kappa shape index (κ3) is 7.26. The molecule has 1 aliphatic rings. The maximum absolute atomic E-state index is 12.7. The van der Waals surface area contributed by atoms with Gasteiger partial charge >= 0.3 is 6.09 Å². The molecule has 6 N–H and O–H groups in total. The number of thioether (sulfide) groups is 1. The Balaban J connectivity index is 2.91. The number of carbonyl (C=O) groups excluding carboxylic acids is 2. The number of alkyl carbamates (subject to hydrolysis) is 1. The van der Waals surface area contributed by atoms with E-state index in [9.17, 15) is 30.0 Å². The van der Waals surface area contributed by atoms with Crippen LogP contribution in [-0.2, 0) is 14.3 Å². The molecule has 1 heterocycles. The Labute approximate surface area is 175 Å². The summed E-state index contributed by atoms with van der Waals surface area (Å²) in [5, 5.41) is 45.6. The largest absolute Gasteiger partial charge is 0.444 e. The number of hydrogen-bond donors (Lipinski definition) is 6. The Morgan fingerprint density at radius 3 is 2.17 bits per heavy atom. The third-order valence-corrected chi connectivity index (χ3v) is 5.29. The van der Waals surface area contributed by atoms with Crippen LogP contribution < -0.4 is 10.6 Å². The van der Waals surface area contributed by atoms with Gasteiger partial charge in [0, 0.05) is 0 Å². The molecule has 0 aromatic carbocycles. The average molecular weight is 439 g/mol. The number of rotatable bonds is 7. The van der Waals surface area contributed by atoms with Crippen molar-refractivity contribution < 1.29 is 39.5 Å². The molecule has 0 aromatic heterocycles. The second-order valence-electron chi connectivity index (χ2n) is 8.06. The van der Waals surface area contributed by atoms with Gasteiger partial charge in [-0.05, 0) is 40.4 Å². The van der Waals surface area contributed by atoms with Gasteiger partial charge in [0.2, 0.25) is 5.91 Å². The highest BCUT2D eigenvalue weighted by Gasteiger charge is 2.48. The molecule has 0 aliphatic carbocycles. The van der Waals surface area contributed by atoms with Crippen LogP contribution in [0.25, 0.3) is 0 Å². The lowest BCUT2D eigenvalue weighted by Crippen LogP contribution is -2.66. The minimum atomic E-state index is -1.54. The highest BCUT2D eigenvalue weighted by molar-refractivity contribution is 7.99. The normalized spacial score (nSPS) is 30.8. The van der Waals surface area contributed by atoms with Crippen LogP contribution in [0.2, 0.25) is 0 Å². The molecule has 11 heteroatoms. The van der Waals surface area contributed by atoms with Crippen molar-refractivity contribution in [1.29, 1.82) is 0 Å². The second-order valence-corrected chi connectivity index (χ2v) is 8.99. The summed E-state index contributed by atoms with van der Waals surface area (Å²) in [6.45, 7) is 8.17. The summed E-state index contributed by atoms with van der Waals surface area (Å²) < 4.78 is 10.8. The summed E-state index contributed by atoms with van der Waals surface area (Å²) in [6, 6.07) is -2.04. The molecule has 0 aromatic rings. The summed E-state index contributed by atoms with van der Waals surface area (Å²) in [4.78, 5) is 24.7. The molecule has 1 rings (SSSR count). The smallest absolute Gasteiger partial charge is 0.408 e. The van der Waals surface area contributed by atoms with Crippen molar-refractivity contribution in [3.05, 3.63) is 0 Å². The van der Waals surface area contributed by atoms with Crippen LogP contribution in [0, 0.1) is 0 Å². The number of carbonyl (C=O) groups is 2. The van der Waals surface area contributed by atoms with Crippen LogP contribution in [0.4, 0.5) is 4.79 Å². The number of aliphatic hydroxyl groups excluding tert-OH is 4. The minimum Gasteiger partial charge on any atom is -0.444 e. The minimum absolute atomic E-state index is 0.250. The lowest BCUT2D eigenvalue weighted by atomic mass is 9.92. The first-order valence-electron chi connectivity index (χ1n) is 9.52. The van der Waals surface area contributed by atoms with Crippen molar-refractivity contribution in [2.45, 2.75) is 94.7 Å². The summed E-state index contributed by atoms with van der Waals surface area (Å²) in [7, 11) is 0. The summed E-state index contributed by atoms with van der Waals surface area (Å²) in [5.41, 5.74) is -1.58. The molecule has 1 fully saturated rings. The molecule has 170 valence electrons. The van der Waals surface area contributed by atoms with Gasteiger partial charge in [-0.15, -0.1) is 11.8 Å². The number of ether oxygens (including phenoxy) is 2. The quantitative estimate of drug-likeness (QED) is 0.303. The van der Waals surface area contributed by atoms with E-state index in [1.807, 2.05) is 0 Å². The molecule has 2 amide bonds. The van der Waals surface area contributed by atoms with E-state index in [1.165, 1.54) is 6.92 Å². The van der Waals surface area contributed by atoms with E-state index in [4.69, 9.17) is 9.47 Å². The molecule has 0 saturated carbocycles. The standard InChI is InChI=1S/C18H34N2O8S/c1-7-9(19-17(26)28-18(3,4)5)15(25)20-10(8(2)21)14-12(23)11(22)13(24)16(27-14)29-6/h8-14,16,21-24H,7H2,1-6H3,(H,19,26)(H,20,25)/t8-,9?,10+,11-,12+,13+,14+,16+/m0/s1. The number of hydrogen-bond acceptors (Lipinski definition) is 9. The van der Waals surface area contributed by atoms with Gasteiger partial charge in [0.05, 0.1) is 12.1 Å². The number of aliphatic hydroxyl groups is 4. The maximum Gasteiger partial charge on any atom is 0.408 e. The van der Waals surface area contributed by atoms with Crippen LogP contribution in [0.15, 0.2) is 0 Å². The molecular formula is C18H34N2O8S. The van der Waals surface area contributed by atoms with Gasteiger partial charge in [0.15, 0.2) is 0 Å². The summed E-state index contributed by atoms with van der Waals surface area (Å²) >= 11 is 1.12. The van der Waals surface area contributed by atoms with E-state index in [-0.39, 0.29) is 6.42 Å². The average Bonchev–Trinajstić information content (AvgIpc) is 2.61. The molecule has 0 bridgehead atoms. The van der Waals surface area contributed by atoms with E-state index in [0.29, 0.717) is 0 Å². The first kappa shape index (κ1) is 25.9. The third-order valence-electron chi connectivity index (χ3n) is 4.44. The van der Waals surface area contributed by atoms with Crippen LogP contribution in [0.3, 0.4) is 0 Å². The first-order valence-corrected chi connectivity index (χ1v) is 10.8. The van der Waals surface area contributed by atoms with E-state index in [2.05, 4.69) is 10.6 Å². The monoisotopic (exact) mass is 438 g/mol. The van der Waals surface area contributed by atoms with Crippen LogP contribution in [0.5, 0.6) is 0 Å². The molecule has 0 spiro atoms. The van der Waals surface area contributed by atoms with Gasteiger partial charge in [0.1, 0.15) is 41.5 Å². The van der Waals surface area contributed by atoms with Gasteiger partial charge < -0.3 is 40.5 Å². The Kier molecular flexibility index (Phi) is 9.64. The Bertz CT molecular complexity index is 554. The molecule has 1 saturated heterocycles. The highest BCUT2D eigenvalue weighted by Crippen LogP contribution is 2.29. The van der Waals surface area contributed by atoms with E-state index in [1.54, 1.807) is 34.0 Å². The molecular weight excluding hydrogens is 404 g/mol. The predicted molar refractivity (Wildman–Crippen MR) is 107 cm³/mol. The molecule has 29 heavy (non-hydrogen) atoms. The van der Waals surface area contributed by atoms with E-state index >= 15 is 0 Å². The van der Waals surface area contributed by atoms with Gasteiger partial charge in [0.25, 0.3) is 0 Å². The van der Waals surface area contributed by atoms with Crippen molar-refractivity contribution in [3.8, 4) is 0 Å². The van der Waals surface area contributed by atoms with Crippen molar-refractivity contribution >= 4 is 23.8 Å². The molecule has 1 unspecified atom stereocenters. The number of amides is 2. The SMILES string of the molecule is CCC(NC(=O)OC(C)(C)C)C(=O)N[C@@H]([C@H]1O[C@H](SC)[C@H](O)[C@@H](O)[C@H]1O)[C@H](C)O. The van der Waals surface area contributed by atoms with Crippen LogP contribution in [0.1, 0.15) is 41.0 Å². The lowest BCUT2D eigenvalue weighted by molar-refractivity contribution is -0.211. The summed E-state index contributed by atoms with van der Waals surface area (Å²) in [6.07, 6.45) is -5.54. The Morgan fingerprint density at radius 2 is 1.72 bits per heavy atom. The van der Waals surface area contributed by atoms with Gasteiger partial charge in [-0.2, -0.15) is 0 Å². The van der Waals surface area contributed by atoms with Crippen LogP contribution in [-0.4, -0.2) is 92.3 Å². The fourth-order valence-corrected chi connectivity index (χ4v) is 3.59. The van der Waals surface area contributed by atoms with Crippen molar-refractivity contribution in [2.75, 3.05) is 6.26 Å². The first-order chi connectivity index (χ1) is 13.3. The van der Waals surface area contributed by atoms with Gasteiger partial charge in [-0.3, -0.25) is 4.79 Å². The zero-order valence-electron chi connectivity index (χ0n) is 17.7. The number of nitrogens with one attached hydrogen (secondary N) is 2. The topological polar surface area (TPSA) is 158 Å². The fraction of sp³-hybridized carbons (Fsp3) is 0.889. The predicted octanol–water partition coefficient (Wildman–Crippen LogP) is -0.674. The van der Waals surface area contributed by atoms with Crippen molar-refractivity contribution in [3.63, 3.8) is 0 Å². The Hall–Kier alpha value is -1.11. The maximum atomic E-state index is 12.7. The van der Waals surface area contributed by atoms with Gasteiger partial charge in [-0.1, -0.05) is 6.92 Å². The van der Waals surface area contributed by atoms with Crippen LogP contribution >= 0.6 is 11.8 Å². The lowest BCUT2D eigenvalue weighted by Gasteiger charge is -2.44. The molecule has 0 radical (unpaired) electrons. The Morgan fingerprint density at radius 1 is 1.14 bits per heavy atom. The second kappa shape index (κ2) is 10.8. The molecule has 8 atom stereocenters. The fourth-order valence-electron chi connectivity index (χ4n) is 2.91. The molecule has 10 nitrogen and oxygen atoms in total. The van der Waals surface area contributed by atoms with Gasteiger partial charge in [-0.25, -0.2) is 4.79 Å². The van der Waals surface area contributed by atoms with Crippen molar-refractivity contribution in [2.24, 2.45) is 0 Å².